The van der Waals surface area contributed by atoms with Gasteiger partial charge >= 0.3 is 0 Å². The maximum Gasteiger partial charge on any atom is 0.270 e. The van der Waals surface area contributed by atoms with E-state index in [1.807, 2.05) is 69.3 Å². The Morgan fingerprint density at radius 1 is 1.07 bits per heavy atom. The molecule has 0 bridgehead atoms. The lowest BCUT2D eigenvalue weighted by Gasteiger charge is -2.15. The third kappa shape index (κ3) is 5.30. The second kappa shape index (κ2) is 8.99. The number of para-hydroxylation sites is 2. The van der Waals surface area contributed by atoms with Crippen LogP contribution in [0.15, 0.2) is 60.9 Å². The van der Waals surface area contributed by atoms with E-state index in [0.717, 1.165) is 17.0 Å². The average molecular weight is 376 g/mol. The van der Waals surface area contributed by atoms with Crippen molar-refractivity contribution in [2.24, 2.45) is 0 Å². The van der Waals surface area contributed by atoms with Crippen molar-refractivity contribution in [3.8, 4) is 5.75 Å². The van der Waals surface area contributed by atoms with Crippen molar-refractivity contribution in [1.82, 2.24) is 15.3 Å². The number of hydrogen-bond donors (Lipinski definition) is 2. The van der Waals surface area contributed by atoms with Crippen LogP contribution in [0.2, 0.25) is 0 Å². The molecule has 6 heteroatoms. The molecule has 0 fully saturated rings. The predicted octanol–water partition coefficient (Wildman–Crippen LogP) is 4.25. The normalized spacial score (nSPS) is 10.6. The third-order valence-electron chi connectivity index (χ3n) is 3.99. The maximum atomic E-state index is 12.4. The van der Waals surface area contributed by atoms with E-state index < -0.39 is 0 Å². The van der Waals surface area contributed by atoms with Gasteiger partial charge in [0.2, 0.25) is 0 Å². The number of carbonyl (C=O) groups excluding carboxylic acids is 1. The van der Waals surface area contributed by atoms with Gasteiger partial charge in [0.1, 0.15) is 23.6 Å². The van der Waals surface area contributed by atoms with Crippen molar-refractivity contribution in [2.45, 2.75) is 33.4 Å². The van der Waals surface area contributed by atoms with Gasteiger partial charge in [-0.3, -0.25) is 4.79 Å². The molecule has 3 aromatic rings. The molecule has 1 heterocycles. The highest BCUT2D eigenvalue weighted by atomic mass is 16.5. The molecular weight excluding hydrogens is 352 g/mol. The van der Waals surface area contributed by atoms with Crippen LogP contribution in [0.25, 0.3) is 0 Å². The van der Waals surface area contributed by atoms with E-state index in [1.54, 1.807) is 6.07 Å². The summed E-state index contributed by atoms with van der Waals surface area (Å²) in [7, 11) is 0. The highest BCUT2D eigenvalue weighted by molar-refractivity contribution is 5.93. The Morgan fingerprint density at radius 3 is 2.57 bits per heavy atom. The molecule has 0 radical (unpaired) electrons. The van der Waals surface area contributed by atoms with Crippen LogP contribution in [0.1, 0.15) is 35.5 Å². The fourth-order valence-corrected chi connectivity index (χ4v) is 2.59. The predicted molar refractivity (Wildman–Crippen MR) is 110 cm³/mol. The Bertz CT molecular complexity index is 939. The van der Waals surface area contributed by atoms with Crippen molar-refractivity contribution in [1.29, 1.82) is 0 Å². The molecule has 144 valence electrons. The minimum Gasteiger partial charge on any atom is -0.489 e. The van der Waals surface area contributed by atoms with Crippen LogP contribution in [-0.4, -0.2) is 22.0 Å². The summed E-state index contributed by atoms with van der Waals surface area (Å²) < 4.78 is 5.81. The Morgan fingerprint density at radius 2 is 1.82 bits per heavy atom. The standard InChI is InChI=1S/C22H24N4O2/c1-15(2)28-20-7-5-4-6-18(20)26-21-12-19(24-14-25-21)22(27)23-13-17-10-8-16(3)9-11-17/h4-12,14-15H,13H2,1-3H3,(H,23,27)(H,24,25,26). The van der Waals surface area contributed by atoms with Crippen LogP contribution in [0.5, 0.6) is 5.75 Å². The monoisotopic (exact) mass is 376 g/mol. The largest absolute Gasteiger partial charge is 0.489 e. The van der Waals surface area contributed by atoms with Gasteiger partial charge in [-0.2, -0.15) is 0 Å². The van der Waals surface area contributed by atoms with Crippen LogP contribution in [0.4, 0.5) is 11.5 Å². The summed E-state index contributed by atoms with van der Waals surface area (Å²) in [6.45, 7) is 6.41. The summed E-state index contributed by atoms with van der Waals surface area (Å²) in [5.41, 5.74) is 3.29. The summed E-state index contributed by atoms with van der Waals surface area (Å²) >= 11 is 0. The number of aryl methyl sites for hydroxylation is 1. The van der Waals surface area contributed by atoms with Gasteiger partial charge in [-0.1, -0.05) is 42.0 Å². The number of carbonyl (C=O) groups is 1. The van der Waals surface area contributed by atoms with Gasteiger partial charge in [-0.05, 0) is 38.5 Å². The Labute approximate surface area is 165 Å². The summed E-state index contributed by atoms with van der Waals surface area (Å²) in [6, 6.07) is 17.3. The number of amides is 1. The minimum absolute atomic E-state index is 0.0523. The molecule has 0 unspecified atom stereocenters. The summed E-state index contributed by atoms with van der Waals surface area (Å²) in [4.78, 5) is 20.7. The molecule has 1 aromatic heterocycles. The first-order valence-electron chi connectivity index (χ1n) is 9.20. The molecular formula is C22H24N4O2. The Kier molecular flexibility index (Phi) is 6.22. The van der Waals surface area contributed by atoms with Crippen LogP contribution >= 0.6 is 0 Å². The van der Waals surface area contributed by atoms with Crippen molar-refractivity contribution in [3.05, 3.63) is 77.7 Å². The number of anilines is 2. The number of ether oxygens (including phenoxy) is 1. The van der Waals surface area contributed by atoms with E-state index >= 15 is 0 Å². The number of hydrogen-bond acceptors (Lipinski definition) is 5. The summed E-state index contributed by atoms with van der Waals surface area (Å²) in [5.74, 6) is 0.995. The number of benzene rings is 2. The van der Waals surface area contributed by atoms with Gasteiger partial charge in [0.15, 0.2) is 0 Å². The molecule has 0 aliphatic rings. The molecule has 0 saturated heterocycles. The lowest BCUT2D eigenvalue weighted by atomic mass is 10.1. The fourth-order valence-electron chi connectivity index (χ4n) is 2.59. The van der Waals surface area contributed by atoms with Crippen LogP contribution in [-0.2, 0) is 6.54 Å². The van der Waals surface area contributed by atoms with E-state index in [-0.39, 0.29) is 12.0 Å². The summed E-state index contributed by atoms with van der Waals surface area (Å²) in [5, 5.41) is 6.08. The highest BCUT2D eigenvalue weighted by Gasteiger charge is 2.11. The molecule has 2 N–H and O–H groups in total. The molecule has 0 spiro atoms. The Hall–Kier alpha value is -3.41. The van der Waals surface area contributed by atoms with Crippen LogP contribution in [0, 0.1) is 6.92 Å². The molecule has 1 amide bonds. The van der Waals surface area contributed by atoms with E-state index in [9.17, 15) is 4.79 Å². The smallest absolute Gasteiger partial charge is 0.270 e. The zero-order valence-corrected chi connectivity index (χ0v) is 16.3. The quantitative estimate of drug-likeness (QED) is 0.645. The first-order valence-corrected chi connectivity index (χ1v) is 9.20. The molecule has 0 saturated carbocycles. The second-order valence-electron chi connectivity index (χ2n) is 6.74. The Balaban J connectivity index is 1.68. The van der Waals surface area contributed by atoms with Crippen molar-refractivity contribution in [3.63, 3.8) is 0 Å². The molecule has 0 atom stereocenters. The van der Waals surface area contributed by atoms with Crippen LogP contribution in [0.3, 0.4) is 0 Å². The maximum absolute atomic E-state index is 12.4. The van der Waals surface area contributed by atoms with E-state index in [2.05, 4.69) is 20.6 Å². The van der Waals surface area contributed by atoms with Gasteiger partial charge in [0.05, 0.1) is 11.8 Å². The molecule has 28 heavy (non-hydrogen) atoms. The molecule has 2 aromatic carbocycles. The van der Waals surface area contributed by atoms with Gasteiger partial charge in [-0.15, -0.1) is 0 Å². The van der Waals surface area contributed by atoms with Crippen molar-refractivity contribution >= 4 is 17.4 Å². The molecule has 0 aliphatic carbocycles. The van der Waals surface area contributed by atoms with E-state index in [4.69, 9.17) is 4.74 Å². The first kappa shape index (κ1) is 19.4. The number of nitrogens with zero attached hydrogens (tertiary/aromatic N) is 2. The first-order chi connectivity index (χ1) is 13.5. The van der Waals surface area contributed by atoms with Gasteiger partial charge in [-0.25, -0.2) is 9.97 Å². The van der Waals surface area contributed by atoms with Crippen molar-refractivity contribution < 1.29 is 9.53 Å². The van der Waals surface area contributed by atoms with Gasteiger partial charge < -0.3 is 15.4 Å². The molecule has 6 nitrogen and oxygen atoms in total. The average Bonchev–Trinajstić information content (AvgIpc) is 2.69. The van der Waals surface area contributed by atoms with Gasteiger partial charge in [0, 0.05) is 12.6 Å². The lowest BCUT2D eigenvalue weighted by molar-refractivity contribution is 0.0946. The SMILES string of the molecule is Cc1ccc(CNC(=O)c2cc(Nc3ccccc3OC(C)C)ncn2)cc1. The molecule has 0 aliphatic heterocycles. The lowest BCUT2D eigenvalue weighted by Crippen LogP contribution is -2.24. The third-order valence-corrected chi connectivity index (χ3v) is 3.99. The minimum atomic E-state index is -0.252. The fraction of sp³-hybridized carbons (Fsp3) is 0.227. The van der Waals surface area contributed by atoms with Gasteiger partial charge in [0.25, 0.3) is 5.91 Å². The van der Waals surface area contributed by atoms with Crippen molar-refractivity contribution in [2.75, 3.05) is 5.32 Å². The van der Waals surface area contributed by atoms with E-state index in [0.29, 0.717) is 18.1 Å². The number of aromatic nitrogens is 2. The zero-order valence-electron chi connectivity index (χ0n) is 16.3. The highest BCUT2D eigenvalue weighted by Crippen LogP contribution is 2.27. The summed E-state index contributed by atoms with van der Waals surface area (Å²) in [6.07, 6.45) is 1.42. The molecule has 3 rings (SSSR count). The van der Waals surface area contributed by atoms with E-state index in [1.165, 1.54) is 11.9 Å². The second-order valence-corrected chi connectivity index (χ2v) is 6.74. The number of nitrogens with one attached hydrogen (secondary N) is 2. The number of rotatable bonds is 7. The topological polar surface area (TPSA) is 76.1 Å². The van der Waals surface area contributed by atoms with Crippen LogP contribution < -0.4 is 15.4 Å². The zero-order chi connectivity index (χ0) is 19.9.